The van der Waals surface area contributed by atoms with Gasteiger partial charge in [0.15, 0.2) is 5.65 Å². The second-order valence-corrected chi connectivity index (χ2v) is 10.0. The van der Waals surface area contributed by atoms with E-state index in [4.69, 9.17) is 4.98 Å². The number of amides is 1. The quantitative estimate of drug-likeness (QED) is 0.336. The molecule has 0 aliphatic carbocycles. The summed E-state index contributed by atoms with van der Waals surface area (Å²) in [5, 5.41) is 4.52. The molecule has 1 saturated heterocycles. The van der Waals surface area contributed by atoms with Crippen LogP contribution in [0, 0.1) is 6.92 Å². The van der Waals surface area contributed by atoms with Gasteiger partial charge in [0.05, 0.1) is 12.7 Å². The molecule has 2 aromatic heterocycles. The molecule has 192 valence electrons. The molecule has 0 atom stereocenters. The van der Waals surface area contributed by atoms with Crippen LogP contribution in [0.15, 0.2) is 85.1 Å². The van der Waals surface area contributed by atoms with Crippen molar-refractivity contribution < 1.29 is 4.79 Å². The Morgan fingerprint density at radius 2 is 1.61 bits per heavy atom. The lowest BCUT2D eigenvalue weighted by molar-refractivity contribution is -0.131. The Kier molecular flexibility index (Phi) is 6.65. The molecule has 1 N–H and O–H groups in total. The molecule has 1 aliphatic rings. The van der Waals surface area contributed by atoms with Crippen LogP contribution in [0.3, 0.4) is 0 Å². The van der Waals surface area contributed by atoms with Gasteiger partial charge in [-0.25, -0.2) is 9.67 Å². The van der Waals surface area contributed by atoms with E-state index in [0.717, 1.165) is 55.2 Å². The summed E-state index contributed by atoms with van der Waals surface area (Å²) in [6.45, 7) is 5.99. The number of anilines is 1. The van der Waals surface area contributed by atoms with Crippen molar-refractivity contribution >= 4 is 22.8 Å². The van der Waals surface area contributed by atoms with Crippen LogP contribution in [0.25, 0.3) is 22.6 Å². The molecule has 7 nitrogen and oxygen atoms in total. The van der Waals surface area contributed by atoms with E-state index in [0.29, 0.717) is 13.0 Å². The van der Waals surface area contributed by atoms with Gasteiger partial charge in [-0.15, -0.1) is 0 Å². The monoisotopic (exact) mass is 504 g/mol. The molecule has 1 aliphatic heterocycles. The molecule has 0 radical (unpaired) electrons. The zero-order valence-corrected chi connectivity index (χ0v) is 21.7. The summed E-state index contributed by atoms with van der Waals surface area (Å²) < 4.78 is 1.94. The number of hydrogen-bond donors (Lipinski definition) is 1. The number of carbonyl (C=O) groups is 1. The lowest BCUT2D eigenvalue weighted by atomic mass is 10.1. The number of piperazine rings is 1. The summed E-state index contributed by atoms with van der Waals surface area (Å²) in [6, 6.07) is 27.3. The van der Waals surface area contributed by atoms with Crippen LogP contribution >= 0.6 is 0 Å². The van der Waals surface area contributed by atoms with Crippen molar-refractivity contribution in [2.75, 3.05) is 31.1 Å². The Balaban J connectivity index is 1.06. The number of H-pyrrole nitrogens is 1. The maximum Gasteiger partial charge on any atom is 0.223 e. The highest BCUT2D eigenvalue weighted by atomic mass is 16.2. The number of nitrogens with one attached hydrogen (secondary N) is 1. The summed E-state index contributed by atoms with van der Waals surface area (Å²) in [5.41, 5.74) is 7.68. The van der Waals surface area contributed by atoms with Gasteiger partial charge in [0.2, 0.25) is 5.91 Å². The lowest BCUT2D eigenvalue weighted by Gasteiger charge is -2.36. The average molecular weight is 505 g/mol. The molecule has 0 unspecified atom stereocenters. The first-order chi connectivity index (χ1) is 18.6. The van der Waals surface area contributed by atoms with Gasteiger partial charge in [-0.3, -0.25) is 4.79 Å². The van der Waals surface area contributed by atoms with Gasteiger partial charge >= 0.3 is 0 Å². The van der Waals surface area contributed by atoms with E-state index in [1.807, 2.05) is 34.0 Å². The number of carbonyl (C=O) groups excluding carboxylic acids is 1. The smallest absolute Gasteiger partial charge is 0.223 e. The van der Waals surface area contributed by atoms with Gasteiger partial charge < -0.3 is 14.8 Å². The molecule has 5 aromatic rings. The van der Waals surface area contributed by atoms with Crippen molar-refractivity contribution in [3.05, 3.63) is 102 Å². The maximum atomic E-state index is 12.7. The molecule has 1 amide bonds. The van der Waals surface area contributed by atoms with E-state index in [2.05, 4.69) is 82.6 Å². The van der Waals surface area contributed by atoms with Crippen molar-refractivity contribution in [1.29, 1.82) is 0 Å². The number of benzene rings is 3. The van der Waals surface area contributed by atoms with E-state index < -0.39 is 0 Å². The molecule has 6 rings (SSSR count). The fraction of sp³-hybridized carbons (Fsp3) is 0.258. The molecular formula is C31H32N6O. The molecule has 0 spiro atoms. The van der Waals surface area contributed by atoms with Crippen LogP contribution in [0.4, 0.5) is 5.69 Å². The summed E-state index contributed by atoms with van der Waals surface area (Å²) >= 11 is 0. The van der Waals surface area contributed by atoms with Crippen LogP contribution in [0.5, 0.6) is 0 Å². The maximum absolute atomic E-state index is 12.7. The highest BCUT2D eigenvalue weighted by Gasteiger charge is 2.21. The third-order valence-electron chi connectivity index (χ3n) is 7.34. The van der Waals surface area contributed by atoms with E-state index in [9.17, 15) is 4.79 Å². The van der Waals surface area contributed by atoms with Crippen molar-refractivity contribution in [2.24, 2.45) is 0 Å². The number of imidazole rings is 1. The summed E-state index contributed by atoms with van der Waals surface area (Å²) in [7, 11) is 0. The molecule has 3 heterocycles. The number of hydrogen-bond acceptors (Lipinski definition) is 4. The molecule has 0 bridgehead atoms. The fourth-order valence-electron chi connectivity index (χ4n) is 5.06. The number of aryl methyl sites for hydroxylation is 2. The van der Waals surface area contributed by atoms with Crippen molar-refractivity contribution in [3.8, 4) is 11.4 Å². The van der Waals surface area contributed by atoms with Crippen LogP contribution < -0.4 is 4.90 Å². The number of rotatable bonds is 7. The number of fused-ring (bicyclic) bond motifs is 1. The topological polar surface area (TPSA) is 70.1 Å². The molecule has 0 saturated carbocycles. The second-order valence-electron chi connectivity index (χ2n) is 10.0. The number of aromatic amines is 1. The minimum atomic E-state index is 0.245. The van der Waals surface area contributed by atoms with Crippen molar-refractivity contribution in [2.45, 2.75) is 26.3 Å². The van der Waals surface area contributed by atoms with E-state index in [1.165, 1.54) is 22.4 Å². The van der Waals surface area contributed by atoms with Crippen molar-refractivity contribution in [3.63, 3.8) is 0 Å². The van der Waals surface area contributed by atoms with Crippen molar-refractivity contribution in [1.82, 2.24) is 24.6 Å². The van der Waals surface area contributed by atoms with E-state index >= 15 is 0 Å². The minimum Gasteiger partial charge on any atom is -0.368 e. The Labute approximate surface area is 222 Å². The van der Waals surface area contributed by atoms with Crippen LogP contribution in [0.1, 0.15) is 23.1 Å². The first-order valence-electron chi connectivity index (χ1n) is 13.3. The predicted molar refractivity (Wildman–Crippen MR) is 151 cm³/mol. The van der Waals surface area contributed by atoms with Gasteiger partial charge in [0.1, 0.15) is 11.3 Å². The molecule has 38 heavy (non-hydrogen) atoms. The SMILES string of the molecule is Cc1ccc(Cn2ncc3[nH]c(-c4ccc(N5CCN(C(=O)CCc6ccccc6)CC5)cc4)nc32)cc1. The van der Waals surface area contributed by atoms with E-state index in [1.54, 1.807) is 0 Å². The summed E-state index contributed by atoms with van der Waals surface area (Å²) in [4.78, 5) is 25.3. The average Bonchev–Trinajstić information content (AvgIpc) is 3.56. The second kappa shape index (κ2) is 10.5. The standard InChI is InChI=1S/C31H32N6O/c1-23-7-9-25(10-8-23)22-37-31-28(21-32-37)33-30(34-31)26-12-14-27(15-13-26)35-17-19-36(20-18-35)29(38)16-11-24-5-3-2-4-6-24/h2-10,12-15,21H,11,16-20,22H2,1H3,(H,33,34). The predicted octanol–water partition coefficient (Wildman–Crippen LogP) is 5.06. The zero-order valence-electron chi connectivity index (χ0n) is 21.7. The lowest BCUT2D eigenvalue weighted by Crippen LogP contribution is -2.48. The van der Waals surface area contributed by atoms with Gasteiger partial charge in [0, 0.05) is 43.9 Å². The van der Waals surface area contributed by atoms with E-state index in [-0.39, 0.29) is 5.91 Å². The number of aromatic nitrogens is 4. The molecule has 7 heteroatoms. The van der Waals surface area contributed by atoms with Gasteiger partial charge in [-0.2, -0.15) is 5.10 Å². The zero-order chi connectivity index (χ0) is 25.9. The Morgan fingerprint density at radius 1 is 0.868 bits per heavy atom. The van der Waals surface area contributed by atoms with Gasteiger partial charge in [-0.1, -0.05) is 60.2 Å². The Morgan fingerprint density at radius 3 is 2.34 bits per heavy atom. The summed E-state index contributed by atoms with van der Waals surface area (Å²) in [6.07, 6.45) is 3.21. The summed E-state index contributed by atoms with van der Waals surface area (Å²) in [5.74, 6) is 1.09. The van der Waals surface area contributed by atoms with Crippen LogP contribution in [-0.2, 0) is 17.8 Å². The first kappa shape index (κ1) is 24.0. The molecular weight excluding hydrogens is 472 g/mol. The largest absolute Gasteiger partial charge is 0.368 e. The highest BCUT2D eigenvalue weighted by molar-refractivity contribution is 5.77. The Bertz CT molecular complexity index is 1510. The van der Waals surface area contributed by atoms with Gasteiger partial charge in [0.25, 0.3) is 0 Å². The fourth-order valence-corrected chi connectivity index (χ4v) is 5.06. The van der Waals surface area contributed by atoms with Crippen LogP contribution in [-0.4, -0.2) is 56.7 Å². The third-order valence-corrected chi connectivity index (χ3v) is 7.34. The normalized spacial score (nSPS) is 13.8. The minimum absolute atomic E-state index is 0.245. The molecule has 1 fully saturated rings. The molecule has 3 aromatic carbocycles. The highest BCUT2D eigenvalue weighted by Crippen LogP contribution is 2.25. The van der Waals surface area contributed by atoms with Crippen LogP contribution in [0.2, 0.25) is 0 Å². The van der Waals surface area contributed by atoms with Gasteiger partial charge in [-0.05, 0) is 48.7 Å². The Hall–Kier alpha value is -4.39. The first-order valence-corrected chi connectivity index (χ1v) is 13.3. The number of nitrogens with zero attached hydrogens (tertiary/aromatic N) is 5. The third kappa shape index (κ3) is 5.18.